The van der Waals surface area contributed by atoms with Crippen molar-refractivity contribution < 1.29 is 13.6 Å². The first-order chi connectivity index (χ1) is 15.5. The number of benzene rings is 2. The molecule has 6 nitrogen and oxygen atoms in total. The number of amides is 1. The van der Waals surface area contributed by atoms with E-state index in [-0.39, 0.29) is 18.1 Å². The van der Waals surface area contributed by atoms with Gasteiger partial charge in [0.05, 0.1) is 35.8 Å². The van der Waals surface area contributed by atoms with Gasteiger partial charge in [-0.2, -0.15) is 5.10 Å². The third-order valence-corrected chi connectivity index (χ3v) is 5.36. The lowest BCUT2D eigenvalue weighted by atomic mass is 10.1. The van der Waals surface area contributed by atoms with Crippen LogP contribution in [-0.2, 0) is 13.1 Å². The fourth-order valence-corrected chi connectivity index (χ4v) is 3.70. The van der Waals surface area contributed by atoms with Gasteiger partial charge in [-0.25, -0.2) is 18.3 Å². The summed E-state index contributed by atoms with van der Waals surface area (Å²) in [6.07, 6.45) is 3.29. The molecule has 32 heavy (non-hydrogen) atoms. The first kappa shape index (κ1) is 19.6. The molecule has 0 unspecified atom stereocenters. The summed E-state index contributed by atoms with van der Waals surface area (Å²) in [6.45, 7) is 7.42. The third kappa shape index (κ3) is 3.40. The zero-order valence-corrected chi connectivity index (χ0v) is 16.7. The van der Waals surface area contributed by atoms with Crippen molar-refractivity contribution in [2.75, 3.05) is 0 Å². The Bertz CT molecular complexity index is 1410. The van der Waals surface area contributed by atoms with Crippen molar-refractivity contribution >= 4 is 11.6 Å². The van der Waals surface area contributed by atoms with Crippen LogP contribution in [0.5, 0.6) is 0 Å². The highest BCUT2D eigenvalue weighted by Crippen LogP contribution is 2.27. The quantitative estimate of drug-likeness (QED) is 0.435. The van der Waals surface area contributed by atoms with Gasteiger partial charge in [-0.3, -0.25) is 9.78 Å². The number of pyridine rings is 1. The summed E-state index contributed by atoms with van der Waals surface area (Å²) < 4.78 is 30.2. The van der Waals surface area contributed by atoms with Crippen molar-refractivity contribution in [1.29, 1.82) is 0 Å². The second-order valence-electron chi connectivity index (χ2n) is 7.36. The Hall–Kier alpha value is -4.38. The maximum absolute atomic E-state index is 14.8. The highest BCUT2D eigenvalue weighted by Gasteiger charge is 2.28. The molecule has 0 fully saturated rings. The van der Waals surface area contributed by atoms with Crippen molar-refractivity contribution in [3.8, 4) is 16.9 Å². The smallest absolute Gasteiger partial charge is 0.256 e. The number of halogens is 2. The van der Waals surface area contributed by atoms with Crippen molar-refractivity contribution in [3.63, 3.8) is 0 Å². The zero-order valence-electron chi connectivity index (χ0n) is 16.7. The molecule has 5 rings (SSSR count). The van der Waals surface area contributed by atoms with E-state index < -0.39 is 11.6 Å². The molecule has 4 aromatic rings. The van der Waals surface area contributed by atoms with Crippen molar-refractivity contribution in [2.45, 2.75) is 13.1 Å². The molecule has 0 radical (unpaired) electrons. The van der Waals surface area contributed by atoms with Gasteiger partial charge in [0.2, 0.25) is 5.69 Å². The zero-order chi connectivity index (χ0) is 22.2. The molecule has 2 aromatic carbocycles. The fourth-order valence-electron chi connectivity index (χ4n) is 3.70. The summed E-state index contributed by atoms with van der Waals surface area (Å²) in [5, 5.41) is 4.39. The second kappa shape index (κ2) is 7.71. The van der Waals surface area contributed by atoms with Gasteiger partial charge in [0.15, 0.2) is 0 Å². The minimum absolute atomic E-state index is 0.0544. The molecule has 0 atom stereocenters. The summed E-state index contributed by atoms with van der Waals surface area (Å²) in [4.78, 5) is 21.4. The molecule has 0 spiro atoms. The van der Waals surface area contributed by atoms with Gasteiger partial charge in [-0.05, 0) is 36.4 Å². The Morgan fingerprint density at radius 2 is 1.94 bits per heavy atom. The summed E-state index contributed by atoms with van der Waals surface area (Å²) >= 11 is 0. The molecule has 156 valence electrons. The molecule has 0 aliphatic carbocycles. The summed E-state index contributed by atoms with van der Waals surface area (Å²) in [6, 6.07) is 14.1. The number of hydrogen-bond donors (Lipinski definition) is 0. The third-order valence-electron chi connectivity index (χ3n) is 5.36. The van der Waals surface area contributed by atoms with Crippen LogP contribution >= 0.6 is 0 Å². The summed E-state index contributed by atoms with van der Waals surface area (Å²) in [5.74, 6) is -1.23. The lowest BCUT2D eigenvalue weighted by molar-refractivity contribution is 0.0765. The second-order valence-corrected chi connectivity index (χ2v) is 7.36. The highest BCUT2D eigenvalue weighted by molar-refractivity contribution is 5.97. The van der Waals surface area contributed by atoms with Crippen LogP contribution < -0.4 is 0 Å². The van der Waals surface area contributed by atoms with Crippen molar-refractivity contribution in [2.24, 2.45) is 0 Å². The fraction of sp³-hybridized carbons (Fsp3) is 0.0833. The molecule has 0 saturated carbocycles. The van der Waals surface area contributed by atoms with E-state index in [4.69, 9.17) is 6.57 Å². The van der Waals surface area contributed by atoms with Gasteiger partial charge in [0.25, 0.3) is 5.91 Å². The van der Waals surface area contributed by atoms with E-state index in [9.17, 15) is 13.6 Å². The number of carbonyl (C=O) groups excluding carboxylic acids is 1. The maximum Gasteiger partial charge on any atom is 0.256 e. The molecule has 2 aromatic heterocycles. The summed E-state index contributed by atoms with van der Waals surface area (Å²) in [7, 11) is 0. The molecular weight excluding hydrogens is 412 g/mol. The standard InChI is InChI=1S/C24H15F2N5O/c1-27-22-7-5-15(11-20(22)26)21-8-10-31(29-21)17-6-4-16(19(25)12-17)13-30-14-23-18(24(30)32)3-2-9-28-23/h2-12H,13-14H2. The van der Waals surface area contributed by atoms with E-state index in [2.05, 4.69) is 14.9 Å². The summed E-state index contributed by atoms with van der Waals surface area (Å²) in [5.41, 5.74) is 3.09. The van der Waals surface area contributed by atoms with Crippen LogP contribution in [-0.4, -0.2) is 25.6 Å². The van der Waals surface area contributed by atoms with Crippen LogP contribution in [0.3, 0.4) is 0 Å². The Morgan fingerprint density at radius 1 is 1.06 bits per heavy atom. The molecule has 1 amide bonds. The van der Waals surface area contributed by atoms with E-state index in [1.165, 1.54) is 22.9 Å². The van der Waals surface area contributed by atoms with Gasteiger partial charge in [0.1, 0.15) is 11.6 Å². The monoisotopic (exact) mass is 427 g/mol. The van der Waals surface area contributed by atoms with E-state index >= 15 is 0 Å². The average Bonchev–Trinajstić information content (AvgIpc) is 3.41. The number of carbonyl (C=O) groups is 1. The molecule has 0 bridgehead atoms. The van der Waals surface area contributed by atoms with Crippen LogP contribution in [0.1, 0.15) is 21.6 Å². The molecular formula is C24H15F2N5O. The van der Waals surface area contributed by atoms with Gasteiger partial charge < -0.3 is 4.90 Å². The molecule has 3 heterocycles. The first-order valence-corrected chi connectivity index (χ1v) is 9.78. The predicted octanol–water partition coefficient (Wildman–Crippen LogP) is 4.92. The van der Waals surface area contributed by atoms with E-state index in [0.717, 1.165) is 0 Å². The highest BCUT2D eigenvalue weighted by atomic mass is 19.1. The minimum atomic E-state index is -0.615. The molecule has 1 aliphatic heterocycles. The van der Waals surface area contributed by atoms with Crippen LogP contribution in [0, 0.1) is 18.2 Å². The van der Waals surface area contributed by atoms with Crippen LogP contribution in [0.4, 0.5) is 14.5 Å². The predicted molar refractivity (Wildman–Crippen MR) is 113 cm³/mol. The number of hydrogen-bond acceptors (Lipinski definition) is 3. The Balaban J connectivity index is 1.36. The van der Waals surface area contributed by atoms with Crippen molar-refractivity contribution in [3.05, 3.63) is 107 Å². The topological polar surface area (TPSA) is 55.4 Å². The molecule has 0 N–H and O–H groups in total. The van der Waals surface area contributed by atoms with E-state index in [1.54, 1.807) is 53.7 Å². The van der Waals surface area contributed by atoms with Crippen LogP contribution in [0.2, 0.25) is 0 Å². The van der Waals surface area contributed by atoms with Gasteiger partial charge in [-0.1, -0.05) is 18.2 Å². The van der Waals surface area contributed by atoms with E-state index in [1.807, 2.05) is 0 Å². The lowest BCUT2D eigenvalue weighted by Crippen LogP contribution is -2.23. The lowest BCUT2D eigenvalue weighted by Gasteiger charge is -2.16. The number of nitrogens with zero attached hydrogens (tertiary/aromatic N) is 5. The van der Waals surface area contributed by atoms with Crippen molar-refractivity contribution in [1.82, 2.24) is 19.7 Å². The molecule has 1 aliphatic rings. The number of rotatable bonds is 4. The number of aromatic nitrogens is 3. The van der Waals surface area contributed by atoms with Gasteiger partial charge in [0, 0.05) is 30.1 Å². The van der Waals surface area contributed by atoms with E-state index in [0.29, 0.717) is 40.3 Å². The maximum atomic E-state index is 14.8. The van der Waals surface area contributed by atoms with Crippen LogP contribution in [0.15, 0.2) is 67.0 Å². The van der Waals surface area contributed by atoms with Gasteiger partial charge in [-0.15, -0.1) is 0 Å². The minimum Gasteiger partial charge on any atom is -0.328 e. The normalized spacial score (nSPS) is 12.7. The first-order valence-electron chi connectivity index (χ1n) is 9.78. The Kier molecular flexibility index (Phi) is 4.71. The Morgan fingerprint density at radius 3 is 2.69 bits per heavy atom. The SMILES string of the molecule is [C-]#[N+]c1ccc(-c2ccn(-c3ccc(CN4Cc5ncccc5C4=O)c(F)c3)n2)cc1F. The van der Waals surface area contributed by atoms with Gasteiger partial charge >= 0.3 is 0 Å². The molecule has 0 saturated heterocycles. The Labute approximate surface area is 182 Å². The average molecular weight is 427 g/mol. The largest absolute Gasteiger partial charge is 0.328 e. The number of fused-ring (bicyclic) bond motifs is 1. The van der Waals surface area contributed by atoms with Crippen LogP contribution in [0.25, 0.3) is 21.8 Å². The molecule has 8 heteroatoms.